The first-order valence-corrected chi connectivity index (χ1v) is 6.69. The maximum absolute atomic E-state index is 11.9. The fourth-order valence-electron chi connectivity index (χ4n) is 1.37. The topological polar surface area (TPSA) is 122 Å². The molecular weight excluding hydrogens is 344 g/mol. The zero-order valence-corrected chi connectivity index (χ0v) is 12.7. The molecule has 0 fully saturated rings. The highest BCUT2D eigenvalue weighted by atomic mass is 35.5. The van der Waals surface area contributed by atoms with E-state index in [1.54, 1.807) is 0 Å². The molecule has 114 valence electrons. The summed E-state index contributed by atoms with van der Waals surface area (Å²) in [6.45, 7) is 0. The van der Waals surface area contributed by atoms with Crippen molar-refractivity contribution < 1.29 is 19.5 Å². The average molecular weight is 355 g/mol. The van der Waals surface area contributed by atoms with Gasteiger partial charge in [-0.25, -0.2) is 9.78 Å². The Labute approximate surface area is 134 Å². The number of hydrogen-bond acceptors (Lipinski definition) is 4. The number of amides is 2. The van der Waals surface area contributed by atoms with E-state index < -0.39 is 23.8 Å². The van der Waals surface area contributed by atoms with Crippen LogP contribution in [0.1, 0.15) is 23.3 Å². The minimum absolute atomic E-state index is 0.0572. The van der Waals surface area contributed by atoms with Gasteiger partial charge >= 0.3 is 5.97 Å². The van der Waals surface area contributed by atoms with Gasteiger partial charge in [0.15, 0.2) is 0 Å². The minimum Gasteiger partial charge on any atom is -0.480 e. The summed E-state index contributed by atoms with van der Waals surface area (Å²) in [4.78, 5) is 37.3. The quantitative estimate of drug-likeness (QED) is 0.714. The number of halogens is 3. The zero-order chi connectivity index (χ0) is 16.2. The van der Waals surface area contributed by atoms with Crippen molar-refractivity contribution in [3.8, 4) is 0 Å². The average Bonchev–Trinajstić information content (AvgIpc) is 2.40. The Bertz CT molecular complexity index is 594. The van der Waals surface area contributed by atoms with E-state index in [0.29, 0.717) is 0 Å². The van der Waals surface area contributed by atoms with Crippen LogP contribution in [0.25, 0.3) is 0 Å². The monoisotopic (exact) mass is 353 g/mol. The van der Waals surface area contributed by atoms with E-state index in [0.717, 1.165) is 6.20 Å². The fourth-order valence-corrected chi connectivity index (χ4v) is 1.94. The molecule has 1 heterocycles. The van der Waals surface area contributed by atoms with Crippen LogP contribution in [0.3, 0.4) is 0 Å². The predicted molar refractivity (Wildman–Crippen MR) is 76.6 cm³/mol. The van der Waals surface area contributed by atoms with Gasteiger partial charge in [-0.15, -0.1) is 0 Å². The molecule has 1 aromatic heterocycles. The molecule has 4 N–H and O–H groups in total. The highest BCUT2D eigenvalue weighted by molar-refractivity contribution is 6.48. The van der Waals surface area contributed by atoms with Crippen LogP contribution < -0.4 is 11.1 Å². The van der Waals surface area contributed by atoms with Crippen molar-refractivity contribution >= 4 is 52.6 Å². The van der Waals surface area contributed by atoms with Crippen molar-refractivity contribution in [2.24, 2.45) is 5.73 Å². The Hall–Kier alpha value is -1.57. The molecule has 0 spiro atoms. The molecule has 1 atom stereocenters. The van der Waals surface area contributed by atoms with Crippen molar-refractivity contribution in [2.75, 3.05) is 0 Å². The summed E-state index contributed by atoms with van der Waals surface area (Å²) in [5.41, 5.74) is 4.67. The number of nitrogens with zero attached hydrogens (tertiary/aromatic N) is 1. The number of carboxylic acids is 1. The number of nitrogens with one attached hydrogen (secondary N) is 1. The van der Waals surface area contributed by atoms with Crippen LogP contribution in [0, 0.1) is 0 Å². The lowest BCUT2D eigenvalue weighted by Crippen LogP contribution is -2.41. The molecule has 0 saturated heterocycles. The van der Waals surface area contributed by atoms with E-state index in [1.807, 2.05) is 0 Å². The van der Waals surface area contributed by atoms with Gasteiger partial charge in [0.25, 0.3) is 5.91 Å². The van der Waals surface area contributed by atoms with Gasteiger partial charge in [0.05, 0.1) is 15.1 Å². The summed E-state index contributed by atoms with van der Waals surface area (Å²) < 4.78 is 0. The number of aromatic nitrogens is 1. The third-order valence-electron chi connectivity index (χ3n) is 2.42. The van der Waals surface area contributed by atoms with E-state index in [9.17, 15) is 14.4 Å². The minimum atomic E-state index is -1.32. The first-order chi connectivity index (χ1) is 9.73. The second-order valence-corrected chi connectivity index (χ2v) is 5.12. The Morgan fingerprint density at radius 3 is 2.43 bits per heavy atom. The van der Waals surface area contributed by atoms with Gasteiger partial charge in [-0.05, 0) is 6.42 Å². The molecule has 0 saturated carbocycles. The van der Waals surface area contributed by atoms with Crippen molar-refractivity contribution in [1.29, 1.82) is 0 Å². The molecule has 21 heavy (non-hydrogen) atoms. The summed E-state index contributed by atoms with van der Waals surface area (Å²) in [6.07, 6.45) is 0.763. The molecule has 10 heteroatoms. The smallest absolute Gasteiger partial charge is 0.326 e. The standard InChI is InChI=1S/C11H10Cl3N3O4/c12-4-3-16-9(8(14)7(4)13)10(19)17-5(11(20)21)1-2-6(15)18/h3,5H,1-2H2,(H2,15,18)(H,17,19)(H,20,21)/t5-/m0/s1. The largest absolute Gasteiger partial charge is 0.480 e. The molecule has 0 aliphatic heterocycles. The third-order valence-corrected chi connectivity index (χ3v) is 3.66. The molecule has 0 aliphatic carbocycles. The van der Waals surface area contributed by atoms with Crippen molar-refractivity contribution in [3.05, 3.63) is 27.0 Å². The third kappa shape index (κ3) is 4.73. The number of pyridine rings is 1. The molecular formula is C11H10Cl3N3O4. The van der Waals surface area contributed by atoms with Crippen LogP contribution in [0.15, 0.2) is 6.20 Å². The Morgan fingerprint density at radius 2 is 1.90 bits per heavy atom. The highest BCUT2D eigenvalue weighted by Gasteiger charge is 2.24. The van der Waals surface area contributed by atoms with Crippen LogP contribution in [-0.2, 0) is 9.59 Å². The lowest BCUT2D eigenvalue weighted by atomic mass is 10.1. The number of carbonyl (C=O) groups is 3. The van der Waals surface area contributed by atoms with E-state index in [2.05, 4.69) is 10.3 Å². The number of primary amides is 1. The van der Waals surface area contributed by atoms with E-state index in [-0.39, 0.29) is 33.6 Å². The van der Waals surface area contributed by atoms with Crippen molar-refractivity contribution in [2.45, 2.75) is 18.9 Å². The number of nitrogens with two attached hydrogens (primary N) is 1. The Morgan fingerprint density at radius 1 is 1.29 bits per heavy atom. The van der Waals surface area contributed by atoms with Crippen LogP contribution in [0.4, 0.5) is 0 Å². The highest BCUT2D eigenvalue weighted by Crippen LogP contribution is 2.31. The Kier molecular flexibility index (Phi) is 6.19. The lowest BCUT2D eigenvalue weighted by Gasteiger charge is -2.14. The molecule has 2 amide bonds. The number of aliphatic carboxylic acids is 1. The lowest BCUT2D eigenvalue weighted by molar-refractivity contribution is -0.139. The van der Waals surface area contributed by atoms with Crippen LogP contribution >= 0.6 is 34.8 Å². The first-order valence-electron chi connectivity index (χ1n) is 5.55. The zero-order valence-electron chi connectivity index (χ0n) is 10.4. The molecule has 1 rings (SSSR count). The number of carboxylic acid groups (broad SMARTS) is 1. The maximum Gasteiger partial charge on any atom is 0.326 e. The van der Waals surface area contributed by atoms with Crippen molar-refractivity contribution in [3.63, 3.8) is 0 Å². The Balaban J connectivity index is 2.90. The van der Waals surface area contributed by atoms with Crippen LogP contribution in [-0.4, -0.2) is 33.9 Å². The molecule has 0 aromatic carbocycles. The summed E-state index contributed by atoms with van der Waals surface area (Å²) in [5.74, 6) is -2.85. The summed E-state index contributed by atoms with van der Waals surface area (Å²) >= 11 is 17.3. The second-order valence-electron chi connectivity index (χ2n) is 3.95. The fraction of sp³-hybridized carbons (Fsp3) is 0.273. The van der Waals surface area contributed by atoms with Gasteiger partial charge in [0, 0.05) is 12.6 Å². The number of carbonyl (C=O) groups excluding carboxylic acids is 2. The van der Waals surface area contributed by atoms with E-state index >= 15 is 0 Å². The first kappa shape index (κ1) is 17.5. The van der Waals surface area contributed by atoms with Gasteiger partial charge in [-0.3, -0.25) is 9.59 Å². The predicted octanol–water partition coefficient (Wildman–Crippen LogP) is 1.49. The van der Waals surface area contributed by atoms with E-state index in [1.165, 1.54) is 0 Å². The van der Waals surface area contributed by atoms with E-state index in [4.69, 9.17) is 45.6 Å². The molecule has 0 bridgehead atoms. The molecule has 1 aromatic rings. The van der Waals surface area contributed by atoms with Crippen molar-refractivity contribution in [1.82, 2.24) is 10.3 Å². The van der Waals surface area contributed by atoms with Gasteiger partial charge in [-0.1, -0.05) is 34.8 Å². The van der Waals surface area contributed by atoms with Crippen LogP contribution in [0.2, 0.25) is 15.1 Å². The summed E-state index contributed by atoms with van der Waals surface area (Å²) in [6, 6.07) is -1.31. The van der Waals surface area contributed by atoms with Gasteiger partial charge in [0.2, 0.25) is 5.91 Å². The number of rotatable bonds is 6. The molecule has 0 unspecified atom stereocenters. The summed E-state index contributed by atoms with van der Waals surface area (Å²) in [7, 11) is 0. The molecule has 7 nitrogen and oxygen atoms in total. The van der Waals surface area contributed by atoms with Gasteiger partial charge in [-0.2, -0.15) is 0 Å². The maximum atomic E-state index is 11.9. The molecule has 0 aliphatic rings. The van der Waals surface area contributed by atoms with Gasteiger partial charge in [0.1, 0.15) is 11.7 Å². The van der Waals surface area contributed by atoms with Crippen LogP contribution in [0.5, 0.6) is 0 Å². The second kappa shape index (κ2) is 7.44. The molecule has 0 radical (unpaired) electrons. The SMILES string of the molecule is NC(=O)CC[C@H](NC(=O)c1ncc(Cl)c(Cl)c1Cl)C(=O)O. The summed E-state index contributed by atoms with van der Waals surface area (Å²) in [5, 5.41) is 11.0. The van der Waals surface area contributed by atoms with Gasteiger partial charge < -0.3 is 16.2 Å². The number of hydrogen-bond donors (Lipinski definition) is 3. The normalized spacial score (nSPS) is 11.8.